The van der Waals surface area contributed by atoms with E-state index in [0.29, 0.717) is 50.0 Å². The number of benzene rings is 2. The van der Waals surface area contributed by atoms with Crippen molar-refractivity contribution in [3.05, 3.63) is 93.5 Å². The molecule has 1 aliphatic heterocycles. The fraction of sp³-hybridized carbons (Fsp3) is 0.179. The number of nitrogens with zero attached hydrogens (tertiary/aromatic N) is 1. The number of carbonyl (C=O) groups is 2. The van der Waals surface area contributed by atoms with Gasteiger partial charge in [0.05, 0.1) is 65.8 Å². The highest BCUT2D eigenvalue weighted by molar-refractivity contribution is 8.03. The van der Waals surface area contributed by atoms with E-state index >= 15 is 0 Å². The van der Waals surface area contributed by atoms with Crippen LogP contribution in [0.4, 0.5) is 11.4 Å². The Hall–Kier alpha value is -4.33. The van der Waals surface area contributed by atoms with Gasteiger partial charge < -0.3 is 29.8 Å². The molecule has 39 heavy (non-hydrogen) atoms. The molecule has 9 nitrogen and oxygen atoms in total. The second-order valence-corrected chi connectivity index (χ2v) is 9.72. The van der Waals surface area contributed by atoms with Gasteiger partial charge in [-0.05, 0) is 49.4 Å². The fourth-order valence-corrected chi connectivity index (χ4v) is 5.17. The third-order valence-corrected chi connectivity index (χ3v) is 7.11. The molecule has 11 heteroatoms. The number of carbonyl (C=O) groups excluding carboxylic acids is 2. The Kier molecular flexibility index (Phi) is 8.86. The number of halogens is 1. The zero-order chi connectivity index (χ0) is 27.9. The second kappa shape index (κ2) is 12.5. The third kappa shape index (κ3) is 6.22. The maximum absolute atomic E-state index is 13.5. The van der Waals surface area contributed by atoms with Gasteiger partial charge in [-0.15, -0.1) is 0 Å². The van der Waals surface area contributed by atoms with Crippen LogP contribution in [0.1, 0.15) is 18.6 Å². The summed E-state index contributed by atoms with van der Waals surface area (Å²) < 4.78 is 16.3. The molecule has 2 heterocycles. The number of nitriles is 1. The minimum absolute atomic E-state index is 0.0237. The molecule has 3 N–H and O–H groups in total. The van der Waals surface area contributed by atoms with Gasteiger partial charge in [-0.25, -0.2) is 0 Å². The van der Waals surface area contributed by atoms with Gasteiger partial charge in [-0.1, -0.05) is 35.5 Å². The number of hydrogen-bond acceptors (Lipinski definition) is 8. The van der Waals surface area contributed by atoms with Crippen molar-refractivity contribution < 1.29 is 23.5 Å². The van der Waals surface area contributed by atoms with Crippen LogP contribution in [0.25, 0.3) is 0 Å². The summed E-state index contributed by atoms with van der Waals surface area (Å²) in [6.07, 6.45) is 1.48. The van der Waals surface area contributed by atoms with E-state index in [2.05, 4.69) is 22.0 Å². The zero-order valence-corrected chi connectivity index (χ0v) is 22.9. The summed E-state index contributed by atoms with van der Waals surface area (Å²) in [5, 5.41) is 19.9. The standard InChI is InChI=1S/C28H25ClN4O5S/c1-16-25(27(35)33-19-7-4-5-8-21(19)36-2)26(23-9-6-12-38-23)18(14-30)28(31-16)39-15-24(34)32-20-13-17(29)10-11-22(20)37-3/h4-13,26,31H,15H2,1-3H3,(H,32,34)(H,33,35). The van der Waals surface area contributed by atoms with E-state index < -0.39 is 11.8 Å². The summed E-state index contributed by atoms with van der Waals surface area (Å²) in [5.41, 5.74) is 1.99. The predicted molar refractivity (Wildman–Crippen MR) is 151 cm³/mol. The molecule has 1 atom stereocenters. The van der Waals surface area contributed by atoms with Crippen LogP contribution in [0.3, 0.4) is 0 Å². The maximum atomic E-state index is 13.5. The highest BCUT2D eigenvalue weighted by Gasteiger charge is 2.36. The van der Waals surface area contributed by atoms with Gasteiger partial charge in [0.25, 0.3) is 5.91 Å². The smallest absolute Gasteiger partial charge is 0.254 e. The average Bonchev–Trinajstić information content (AvgIpc) is 3.46. The number of thioether (sulfide) groups is 1. The molecule has 0 fully saturated rings. The van der Waals surface area contributed by atoms with Crippen LogP contribution >= 0.6 is 23.4 Å². The lowest BCUT2D eigenvalue weighted by Gasteiger charge is -2.28. The van der Waals surface area contributed by atoms with Gasteiger partial charge in [-0.2, -0.15) is 5.26 Å². The van der Waals surface area contributed by atoms with E-state index in [1.54, 1.807) is 61.5 Å². The van der Waals surface area contributed by atoms with Crippen molar-refractivity contribution in [3.63, 3.8) is 0 Å². The highest BCUT2D eigenvalue weighted by atomic mass is 35.5. The number of dihydropyridines is 1. The predicted octanol–water partition coefficient (Wildman–Crippen LogP) is 5.66. The van der Waals surface area contributed by atoms with Crippen molar-refractivity contribution >= 4 is 46.6 Å². The molecule has 0 saturated heterocycles. The first-order valence-electron chi connectivity index (χ1n) is 11.7. The number of para-hydroxylation sites is 2. The number of nitrogens with one attached hydrogen (secondary N) is 3. The Morgan fingerprint density at radius 2 is 1.82 bits per heavy atom. The number of hydrogen-bond donors (Lipinski definition) is 3. The molecule has 4 rings (SSSR count). The van der Waals surface area contributed by atoms with Crippen molar-refractivity contribution in [2.24, 2.45) is 0 Å². The minimum atomic E-state index is -0.792. The lowest BCUT2D eigenvalue weighted by atomic mass is 9.85. The first-order chi connectivity index (χ1) is 18.9. The van der Waals surface area contributed by atoms with E-state index in [1.165, 1.54) is 20.5 Å². The number of ether oxygens (including phenoxy) is 2. The molecule has 1 unspecified atom stereocenters. The molecular formula is C28H25ClN4O5S. The SMILES string of the molecule is COc1ccc(Cl)cc1NC(=O)CSC1=C(C#N)C(c2ccco2)C(C(=O)Nc2ccccc2OC)=C(C)N1. The number of furan rings is 1. The van der Waals surface area contributed by atoms with Crippen molar-refractivity contribution in [2.45, 2.75) is 12.8 Å². The molecule has 2 amide bonds. The Bertz CT molecular complexity index is 1490. The molecular weight excluding hydrogens is 540 g/mol. The summed E-state index contributed by atoms with van der Waals surface area (Å²) in [6.45, 7) is 1.73. The van der Waals surface area contributed by atoms with E-state index in [1.807, 2.05) is 0 Å². The fourth-order valence-electron chi connectivity index (χ4n) is 4.11. The normalized spacial score (nSPS) is 14.8. The van der Waals surface area contributed by atoms with Crippen molar-refractivity contribution in [3.8, 4) is 17.6 Å². The van der Waals surface area contributed by atoms with Crippen LogP contribution in [0, 0.1) is 11.3 Å². The van der Waals surface area contributed by atoms with Crippen molar-refractivity contribution in [1.82, 2.24) is 5.32 Å². The zero-order valence-electron chi connectivity index (χ0n) is 21.3. The molecule has 200 valence electrons. The van der Waals surface area contributed by atoms with Crippen LogP contribution in [0.2, 0.25) is 5.02 Å². The number of amides is 2. The molecule has 2 aromatic carbocycles. The second-order valence-electron chi connectivity index (χ2n) is 8.30. The van der Waals surface area contributed by atoms with Crippen molar-refractivity contribution in [1.29, 1.82) is 5.26 Å². The lowest BCUT2D eigenvalue weighted by molar-refractivity contribution is -0.114. The van der Waals surface area contributed by atoms with Gasteiger partial charge in [0, 0.05) is 10.7 Å². The Morgan fingerprint density at radius 1 is 1.08 bits per heavy atom. The molecule has 0 spiro atoms. The lowest BCUT2D eigenvalue weighted by Crippen LogP contribution is -2.31. The summed E-state index contributed by atoms with van der Waals surface area (Å²) in [4.78, 5) is 26.3. The molecule has 1 aliphatic rings. The molecule has 1 aromatic heterocycles. The maximum Gasteiger partial charge on any atom is 0.254 e. The average molecular weight is 565 g/mol. The Balaban J connectivity index is 1.59. The monoisotopic (exact) mass is 564 g/mol. The van der Waals surface area contributed by atoms with Crippen molar-refractivity contribution in [2.75, 3.05) is 30.6 Å². The van der Waals surface area contributed by atoms with E-state index in [9.17, 15) is 14.9 Å². The van der Waals surface area contributed by atoms with Crippen LogP contribution in [-0.4, -0.2) is 31.8 Å². The molecule has 0 aliphatic carbocycles. The largest absolute Gasteiger partial charge is 0.495 e. The summed E-state index contributed by atoms with van der Waals surface area (Å²) >= 11 is 7.20. The van der Waals surface area contributed by atoms with Crippen LogP contribution in [0.5, 0.6) is 11.5 Å². The van der Waals surface area contributed by atoms with Gasteiger partial charge >= 0.3 is 0 Å². The summed E-state index contributed by atoms with van der Waals surface area (Å²) in [6, 6.07) is 17.6. The highest BCUT2D eigenvalue weighted by Crippen LogP contribution is 2.41. The van der Waals surface area contributed by atoms with Gasteiger partial charge in [0.2, 0.25) is 5.91 Å². The Morgan fingerprint density at radius 3 is 2.51 bits per heavy atom. The number of methoxy groups -OCH3 is 2. The van der Waals surface area contributed by atoms with Gasteiger partial charge in [0.15, 0.2) is 0 Å². The van der Waals surface area contributed by atoms with Gasteiger partial charge in [0.1, 0.15) is 17.3 Å². The third-order valence-electron chi connectivity index (χ3n) is 5.86. The first kappa shape index (κ1) is 27.7. The van der Waals surface area contributed by atoms with Crippen LogP contribution < -0.4 is 25.4 Å². The topological polar surface area (TPSA) is 126 Å². The Labute approximate surface area is 234 Å². The van der Waals surface area contributed by atoms with E-state index in [4.69, 9.17) is 25.5 Å². The van der Waals surface area contributed by atoms with Gasteiger partial charge in [-0.3, -0.25) is 9.59 Å². The number of rotatable bonds is 9. The van der Waals surface area contributed by atoms with Crippen LogP contribution in [0.15, 0.2) is 87.1 Å². The van der Waals surface area contributed by atoms with E-state index in [0.717, 1.165) is 11.8 Å². The molecule has 0 bridgehead atoms. The summed E-state index contributed by atoms with van der Waals surface area (Å²) in [7, 11) is 3.01. The summed E-state index contributed by atoms with van der Waals surface area (Å²) in [5.74, 6) is -0.186. The van der Waals surface area contributed by atoms with E-state index in [-0.39, 0.29) is 17.2 Å². The minimum Gasteiger partial charge on any atom is -0.495 e. The number of anilines is 2. The first-order valence-corrected chi connectivity index (χ1v) is 13.1. The molecule has 3 aromatic rings. The van der Waals surface area contributed by atoms with Crippen LogP contribution in [-0.2, 0) is 9.59 Å². The number of allylic oxidation sites excluding steroid dienone is 2. The quantitative estimate of drug-likeness (QED) is 0.304. The molecule has 0 saturated carbocycles. The molecule has 0 radical (unpaired) electrons.